The Morgan fingerprint density at radius 2 is 2.06 bits per heavy atom. The molecule has 0 spiro atoms. The van der Waals surface area contributed by atoms with Crippen molar-refractivity contribution in [2.24, 2.45) is 0 Å². The topological polar surface area (TPSA) is 55.8 Å². The molecule has 0 atom stereocenters. The first kappa shape index (κ1) is 12.6. The molecule has 0 amide bonds. The summed E-state index contributed by atoms with van der Waals surface area (Å²) < 4.78 is 10.2. The van der Waals surface area contributed by atoms with Crippen LogP contribution in [0.5, 0.6) is 11.5 Å². The minimum atomic E-state index is -0.867. The Bertz CT molecular complexity index is 390. The molecule has 0 aromatic heterocycles. The van der Waals surface area contributed by atoms with Crippen LogP contribution in [0.15, 0.2) is 12.1 Å². The fraction of sp³-hybridized carbons (Fsp3) is 0.364. The molecule has 0 saturated heterocycles. The fourth-order valence-corrected chi connectivity index (χ4v) is 1.66. The molecule has 4 nitrogen and oxygen atoms in total. The average molecular weight is 245 g/mol. The number of aliphatic carboxylic acids is 1. The van der Waals surface area contributed by atoms with Gasteiger partial charge in [-0.1, -0.05) is 11.6 Å². The van der Waals surface area contributed by atoms with Crippen LogP contribution in [-0.2, 0) is 11.2 Å². The molecular formula is C11H13ClO4. The highest BCUT2D eigenvalue weighted by Gasteiger charge is 2.12. The molecule has 0 unspecified atom stereocenters. The van der Waals surface area contributed by atoms with Crippen LogP contribution in [0.1, 0.15) is 12.0 Å². The first-order valence-corrected chi connectivity index (χ1v) is 5.08. The van der Waals surface area contributed by atoms with Crippen LogP contribution in [0, 0.1) is 0 Å². The van der Waals surface area contributed by atoms with E-state index in [4.69, 9.17) is 26.2 Å². The van der Waals surface area contributed by atoms with E-state index >= 15 is 0 Å². The summed E-state index contributed by atoms with van der Waals surface area (Å²) in [6.45, 7) is 0. The van der Waals surface area contributed by atoms with Gasteiger partial charge >= 0.3 is 5.97 Å². The average Bonchev–Trinajstić information content (AvgIpc) is 2.26. The van der Waals surface area contributed by atoms with Crippen molar-refractivity contribution in [3.05, 3.63) is 22.7 Å². The Morgan fingerprint density at radius 3 is 2.56 bits per heavy atom. The SMILES string of the molecule is COc1cc(Cl)c(CCC(=O)O)c(OC)c1. The van der Waals surface area contributed by atoms with Crippen LogP contribution in [0.4, 0.5) is 0 Å². The first-order valence-electron chi connectivity index (χ1n) is 4.70. The van der Waals surface area contributed by atoms with Crippen LogP contribution < -0.4 is 9.47 Å². The highest BCUT2D eigenvalue weighted by atomic mass is 35.5. The second-order valence-electron chi connectivity index (χ2n) is 3.18. The zero-order valence-electron chi connectivity index (χ0n) is 9.12. The number of carboxylic acids is 1. The molecule has 88 valence electrons. The van der Waals surface area contributed by atoms with Crippen LogP contribution >= 0.6 is 11.6 Å². The molecule has 0 aliphatic heterocycles. The Balaban J connectivity index is 3.01. The summed E-state index contributed by atoms with van der Waals surface area (Å²) in [6, 6.07) is 3.32. The molecule has 1 rings (SSSR count). The number of benzene rings is 1. The molecule has 1 N–H and O–H groups in total. The number of ether oxygens (including phenoxy) is 2. The zero-order valence-corrected chi connectivity index (χ0v) is 9.87. The van der Waals surface area contributed by atoms with Gasteiger partial charge in [0, 0.05) is 18.1 Å². The van der Waals surface area contributed by atoms with Crippen molar-refractivity contribution < 1.29 is 19.4 Å². The van der Waals surface area contributed by atoms with Crippen LogP contribution in [0.25, 0.3) is 0 Å². The minimum Gasteiger partial charge on any atom is -0.497 e. The quantitative estimate of drug-likeness (QED) is 0.864. The Labute approximate surface area is 98.7 Å². The maximum Gasteiger partial charge on any atom is 0.303 e. The summed E-state index contributed by atoms with van der Waals surface area (Å²) in [5, 5.41) is 9.08. The predicted octanol–water partition coefficient (Wildman–Crippen LogP) is 2.37. The largest absolute Gasteiger partial charge is 0.497 e. The molecule has 0 bridgehead atoms. The number of hydrogen-bond donors (Lipinski definition) is 1. The number of hydrogen-bond acceptors (Lipinski definition) is 3. The Morgan fingerprint density at radius 1 is 1.38 bits per heavy atom. The summed E-state index contributed by atoms with van der Waals surface area (Å²) in [5.74, 6) is 0.264. The molecule has 16 heavy (non-hydrogen) atoms. The maximum atomic E-state index is 10.5. The first-order chi connectivity index (χ1) is 7.58. The molecule has 0 aliphatic rings. The van der Waals surface area contributed by atoms with E-state index in [1.54, 1.807) is 12.1 Å². The predicted molar refractivity (Wildman–Crippen MR) is 60.5 cm³/mol. The van der Waals surface area contributed by atoms with Crippen LogP contribution in [0.3, 0.4) is 0 Å². The van der Waals surface area contributed by atoms with Crippen molar-refractivity contribution in [2.75, 3.05) is 14.2 Å². The standard InChI is InChI=1S/C11H13ClO4/c1-15-7-5-9(12)8(3-4-11(13)14)10(6-7)16-2/h5-6H,3-4H2,1-2H3,(H,13,14). The summed E-state index contributed by atoms with van der Waals surface area (Å²) in [7, 11) is 3.04. The Hall–Kier alpha value is -1.42. The Kier molecular flexibility index (Phi) is 4.43. The molecule has 0 radical (unpaired) electrons. The summed E-state index contributed by atoms with van der Waals surface area (Å²) in [6.07, 6.45) is 0.351. The van der Waals surface area contributed by atoms with Gasteiger partial charge in [-0.15, -0.1) is 0 Å². The van der Waals surface area contributed by atoms with E-state index in [0.29, 0.717) is 28.5 Å². The van der Waals surface area contributed by atoms with Crippen molar-refractivity contribution in [2.45, 2.75) is 12.8 Å². The summed E-state index contributed by atoms with van der Waals surface area (Å²) in [4.78, 5) is 10.5. The lowest BCUT2D eigenvalue weighted by molar-refractivity contribution is -0.136. The van der Waals surface area contributed by atoms with Gasteiger partial charge in [-0.05, 0) is 12.5 Å². The van der Waals surface area contributed by atoms with Gasteiger partial charge in [-0.25, -0.2) is 0 Å². The number of rotatable bonds is 5. The summed E-state index contributed by atoms with van der Waals surface area (Å²) >= 11 is 6.02. The van der Waals surface area contributed by atoms with Crippen LogP contribution in [-0.4, -0.2) is 25.3 Å². The van der Waals surface area contributed by atoms with Gasteiger partial charge < -0.3 is 14.6 Å². The van der Waals surface area contributed by atoms with Gasteiger partial charge in [-0.3, -0.25) is 4.79 Å². The smallest absolute Gasteiger partial charge is 0.303 e. The lowest BCUT2D eigenvalue weighted by Crippen LogP contribution is -2.00. The normalized spacial score (nSPS) is 9.94. The van der Waals surface area contributed by atoms with Gasteiger partial charge in [0.1, 0.15) is 11.5 Å². The van der Waals surface area contributed by atoms with Crippen molar-refractivity contribution >= 4 is 17.6 Å². The second kappa shape index (κ2) is 5.61. The lowest BCUT2D eigenvalue weighted by atomic mass is 10.1. The van der Waals surface area contributed by atoms with Crippen molar-refractivity contribution in [1.82, 2.24) is 0 Å². The molecule has 5 heteroatoms. The van der Waals surface area contributed by atoms with Crippen LogP contribution in [0.2, 0.25) is 5.02 Å². The third-order valence-corrected chi connectivity index (χ3v) is 2.51. The maximum absolute atomic E-state index is 10.5. The highest BCUT2D eigenvalue weighted by molar-refractivity contribution is 6.31. The fourth-order valence-electron chi connectivity index (χ4n) is 1.36. The monoisotopic (exact) mass is 244 g/mol. The van der Waals surface area contributed by atoms with Gasteiger partial charge in [0.15, 0.2) is 0 Å². The number of halogens is 1. The summed E-state index contributed by atoms with van der Waals surface area (Å²) in [5.41, 5.74) is 0.687. The van der Waals surface area contributed by atoms with E-state index in [0.717, 1.165) is 0 Å². The van der Waals surface area contributed by atoms with Crippen molar-refractivity contribution in [3.8, 4) is 11.5 Å². The van der Waals surface area contributed by atoms with Gasteiger partial charge in [0.05, 0.1) is 19.2 Å². The molecule has 0 aliphatic carbocycles. The van der Waals surface area contributed by atoms with E-state index < -0.39 is 5.97 Å². The van der Waals surface area contributed by atoms with E-state index in [1.165, 1.54) is 14.2 Å². The van der Waals surface area contributed by atoms with E-state index in [9.17, 15) is 4.79 Å². The zero-order chi connectivity index (χ0) is 12.1. The number of carboxylic acid groups (broad SMARTS) is 1. The molecule has 0 saturated carbocycles. The molecule has 0 heterocycles. The van der Waals surface area contributed by atoms with Crippen molar-refractivity contribution in [3.63, 3.8) is 0 Å². The van der Waals surface area contributed by atoms with E-state index in [1.807, 2.05) is 0 Å². The van der Waals surface area contributed by atoms with Gasteiger partial charge in [0.25, 0.3) is 0 Å². The number of methoxy groups -OCH3 is 2. The minimum absolute atomic E-state index is 0.0163. The van der Waals surface area contributed by atoms with Gasteiger partial charge in [-0.2, -0.15) is 0 Å². The van der Waals surface area contributed by atoms with Gasteiger partial charge in [0.2, 0.25) is 0 Å². The third-order valence-electron chi connectivity index (χ3n) is 2.17. The second-order valence-corrected chi connectivity index (χ2v) is 3.59. The molecule has 1 aromatic rings. The molecular weight excluding hydrogens is 232 g/mol. The molecule has 1 aromatic carbocycles. The van der Waals surface area contributed by atoms with E-state index in [2.05, 4.69) is 0 Å². The lowest BCUT2D eigenvalue weighted by Gasteiger charge is -2.11. The van der Waals surface area contributed by atoms with E-state index in [-0.39, 0.29) is 6.42 Å². The highest BCUT2D eigenvalue weighted by Crippen LogP contribution is 2.32. The molecule has 0 fully saturated rings. The number of carbonyl (C=O) groups is 1. The van der Waals surface area contributed by atoms with Crippen molar-refractivity contribution in [1.29, 1.82) is 0 Å². The third kappa shape index (κ3) is 3.03.